The largest absolute Gasteiger partial charge is 0.496 e. The van der Waals surface area contributed by atoms with Gasteiger partial charge in [0.2, 0.25) is 0 Å². The lowest BCUT2D eigenvalue weighted by molar-refractivity contribution is 0.396. The Kier molecular flexibility index (Phi) is 10.2. The average Bonchev–Trinajstić information content (AvgIpc) is 2.45. The second kappa shape index (κ2) is 10.7. The van der Waals surface area contributed by atoms with Crippen molar-refractivity contribution in [3.63, 3.8) is 0 Å². The molecule has 0 atom stereocenters. The van der Waals surface area contributed by atoms with Crippen LogP contribution < -0.4 is 10.1 Å². The van der Waals surface area contributed by atoms with E-state index in [9.17, 15) is 8.42 Å². The number of hydrogen-bond donors (Lipinski definition) is 1. The van der Waals surface area contributed by atoms with Crippen molar-refractivity contribution in [3.8, 4) is 5.75 Å². The highest BCUT2D eigenvalue weighted by Crippen LogP contribution is 2.18. The van der Waals surface area contributed by atoms with Crippen LogP contribution in [0.15, 0.2) is 29.3 Å². The van der Waals surface area contributed by atoms with Gasteiger partial charge in [-0.3, -0.25) is 4.99 Å². The van der Waals surface area contributed by atoms with Gasteiger partial charge in [0, 0.05) is 32.0 Å². The first-order valence-electron chi connectivity index (χ1n) is 7.16. The highest BCUT2D eigenvalue weighted by Gasteiger charge is 2.10. The van der Waals surface area contributed by atoms with Crippen molar-refractivity contribution < 1.29 is 13.2 Å². The number of aliphatic imine (C=N–C) groups is 1. The van der Waals surface area contributed by atoms with E-state index < -0.39 is 9.84 Å². The summed E-state index contributed by atoms with van der Waals surface area (Å²) >= 11 is 0. The number of guanidine groups is 1. The van der Waals surface area contributed by atoms with Crippen LogP contribution in [0.2, 0.25) is 0 Å². The summed E-state index contributed by atoms with van der Waals surface area (Å²) in [6.07, 6.45) is 1.22. The van der Waals surface area contributed by atoms with Gasteiger partial charge in [-0.15, -0.1) is 24.0 Å². The standard InChI is InChI=1S/C15H25N3O3S.HI/c1-5-16-15(17-10-11-22(4,19)20)18(2)12-13-8-6-7-9-14(13)21-3;/h6-9H,5,10-12H2,1-4H3,(H,16,17);1H. The molecule has 0 heterocycles. The fraction of sp³-hybridized carbons (Fsp3) is 0.533. The molecule has 1 rings (SSSR count). The number of para-hydroxylation sites is 1. The molecule has 0 saturated heterocycles. The van der Waals surface area contributed by atoms with E-state index in [2.05, 4.69) is 10.3 Å². The second-order valence-electron chi connectivity index (χ2n) is 5.03. The smallest absolute Gasteiger partial charge is 0.193 e. The molecule has 0 aliphatic rings. The molecule has 0 unspecified atom stereocenters. The molecular formula is C15H26IN3O3S. The molecule has 23 heavy (non-hydrogen) atoms. The van der Waals surface area contributed by atoms with Gasteiger partial charge < -0.3 is 15.0 Å². The van der Waals surface area contributed by atoms with Crippen molar-refractivity contribution in [3.05, 3.63) is 29.8 Å². The molecule has 0 aliphatic carbocycles. The molecule has 0 amide bonds. The number of rotatable bonds is 7. The van der Waals surface area contributed by atoms with Crippen molar-refractivity contribution in [2.24, 2.45) is 4.99 Å². The van der Waals surface area contributed by atoms with Crippen molar-refractivity contribution in [2.45, 2.75) is 13.5 Å². The van der Waals surface area contributed by atoms with Crippen LogP contribution in [-0.4, -0.2) is 58.5 Å². The van der Waals surface area contributed by atoms with Crippen molar-refractivity contribution in [1.29, 1.82) is 0 Å². The topological polar surface area (TPSA) is 71.0 Å². The monoisotopic (exact) mass is 455 g/mol. The Morgan fingerprint density at radius 1 is 1.35 bits per heavy atom. The number of hydrogen-bond acceptors (Lipinski definition) is 4. The molecule has 0 aromatic heterocycles. The van der Waals surface area contributed by atoms with E-state index in [1.807, 2.05) is 43.1 Å². The van der Waals surface area contributed by atoms with Gasteiger partial charge in [-0.2, -0.15) is 0 Å². The Labute approximate surface area is 156 Å². The first-order chi connectivity index (χ1) is 10.4. The van der Waals surface area contributed by atoms with E-state index in [4.69, 9.17) is 4.74 Å². The number of ether oxygens (including phenoxy) is 1. The maximum Gasteiger partial charge on any atom is 0.193 e. The first-order valence-corrected chi connectivity index (χ1v) is 9.22. The van der Waals surface area contributed by atoms with Gasteiger partial charge in [-0.25, -0.2) is 8.42 Å². The molecule has 1 N–H and O–H groups in total. The minimum Gasteiger partial charge on any atom is -0.496 e. The second-order valence-corrected chi connectivity index (χ2v) is 7.29. The lowest BCUT2D eigenvalue weighted by Gasteiger charge is -2.23. The van der Waals surface area contributed by atoms with Crippen molar-refractivity contribution >= 4 is 39.8 Å². The van der Waals surface area contributed by atoms with Gasteiger partial charge in [-0.05, 0) is 13.0 Å². The minimum atomic E-state index is -3.00. The summed E-state index contributed by atoms with van der Waals surface area (Å²) in [6, 6.07) is 7.79. The maximum atomic E-state index is 11.2. The first kappa shape index (κ1) is 22.0. The highest BCUT2D eigenvalue weighted by molar-refractivity contribution is 14.0. The molecule has 132 valence electrons. The molecule has 1 aromatic rings. The van der Waals surface area contributed by atoms with Gasteiger partial charge in [-0.1, -0.05) is 18.2 Å². The number of benzene rings is 1. The van der Waals surface area contributed by atoms with Crippen molar-refractivity contribution in [2.75, 3.05) is 39.3 Å². The fourth-order valence-electron chi connectivity index (χ4n) is 1.95. The van der Waals surface area contributed by atoms with E-state index >= 15 is 0 Å². The molecule has 0 aliphatic heterocycles. The van der Waals surface area contributed by atoms with Crippen LogP contribution in [-0.2, 0) is 16.4 Å². The fourth-order valence-corrected chi connectivity index (χ4v) is 2.37. The molecule has 8 heteroatoms. The van der Waals surface area contributed by atoms with Crippen LogP contribution in [0.3, 0.4) is 0 Å². The number of methoxy groups -OCH3 is 1. The summed E-state index contributed by atoms with van der Waals surface area (Å²) in [5.41, 5.74) is 1.04. The number of sulfone groups is 1. The van der Waals surface area contributed by atoms with Gasteiger partial charge in [0.25, 0.3) is 0 Å². The zero-order valence-electron chi connectivity index (χ0n) is 14.1. The zero-order valence-corrected chi connectivity index (χ0v) is 17.2. The average molecular weight is 455 g/mol. The third kappa shape index (κ3) is 8.40. The zero-order chi connectivity index (χ0) is 16.6. The van der Waals surface area contributed by atoms with E-state index in [-0.39, 0.29) is 36.3 Å². The summed E-state index contributed by atoms with van der Waals surface area (Å²) in [4.78, 5) is 6.31. The highest BCUT2D eigenvalue weighted by atomic mass is 127. The Hall–Kier alpha value is -1.03. The van der Waals surface area contributed by atoms with Gasteiger partial charge in [0.1, 0.15) is 15.6 Å². The molecule has 0 fully saturated rings. The number of nitrogens with one attached hydrogen (secondary N) is 1. The Balaban J connectivity index is 0.00000484. The van der Waals surface area contributed by atoms with E-state index in [1.165, 1.54) is 6.26 Å². The van der Waals surface area contributed by atoms with Gasteiger partial charge in [0.15, 0.2) is 5.96 Å². The predicted octanol–water partition coefficient (Wildman–Crippen LogP) is 1.76. The summed E-state index contributed by atoms with van der Waals surface area (Å²) in [6.45, 7) is 3.56. The Morgan fingerprint density at radius 2 is 2.00 bits per heavy atom. The molecule has 1 aromatic carbocycles. The van der Waals surface area contributed by atoms with E-state index in [0.29, 0.717) is 19.0 Å². The number of halogens is 1. The molecular weight excluding hydrogens is 429 g/mol. The van der Waals surface area contributed by atoms with Crippen LogP contribution in [0.4, 0.5) is 0 Å². The van der Waals surface area contributed by atoms with Gasteiger partial charge in [0.05, 0.1) is 19.4 Å². The van der Waals surface area contributed by atoms with Crippen LogP contribution in [0.5, 0.6) is 5.75 Å². The summed E-state index contributed by atoms with van der Waals surface area (Å²) in [5.74, 6) is 1.54. The molecule has 6 nitrogen and oxygen atoms in total. The number of nitrogens with zero attached hydrogens (tertiary/aromatic N) is 2. The Bertz CT molecular complexity index is 606. The third-order valence-corrected chi connectivity index (χ3v) is 3.94. The van der Waals surface area contributed by atoms with Crippen molar-refractivity contribution in [1.82, 2.24) is 10.2 Å². The minimum absolute atomic E-state index is 0. The van der Waals surface area contributed by atoms with E-state index in [1.54, 1.807) is 7.11 Å². The van der Waals surface area contributed by atoms with Crippen LogP contribution in [0.25, 0.3) is 0 Å². The lowest BCUT2D eigenvalue weighted by atomic mass is 10.2. The predicted molar refractivity (Wildman–Crippen MR) is 106 cm³/mol. The summed E-state index contributed by atoms with van der Waals surface area (Å²) in [5, 5.41) is 3.17. The Morgan fingerprint density at radius 3 is 2.57 bits per heavy atom. The SMILES string of the molecule is CCNC(=NCCS(C)(=O)=O)N(C)Cc1ccccc1OC.I. The quantitative estimate of drug-likeness (QED) is 0.386. The molecule has 0 bridgehead atoms. The van der Waals surface area contributed by atoms with Crippen LogP contribution in [0.1, 0.15) is 12.5 Å². The molecule has 0 radical (unpaired) electrons. The maximum absolute atomic E-state index is 11.2. The third-order valence-electron chi connectivity index (χ3n) is 3.02. The lowest BCUT2D eigenvalue weighted by Crippen LogP contribution is -2.38. The van der Waals surface area contributed by atoms with Gasteiger partial charge >= 0.3 is 0 Å². The van der Waals surface area contributed by atoms with Crippen LogP contribution in [0, 0.1) is 0 Å². The summed E-state index contributed by atoms with van der Waals surface area (Å²) < 4.78 is 27.7. The summed E-state index contributed by atoms with van der Waals surface area (Å²) in [7, 11) is 0.551. The van der Waals surface area contributed by atoms with Crippen LogP contribution >= 0.6 is 24.0 Å². The normalized spacial score (nSPS) is 11.6. The molecule has 0 spiro atoms. The molecule has 0 saturated carbocycles. The van der Waals surface area contributed by atoms with E-state index in [0.717, 1.165) is 11.3 Å².